The SMILES string of the molecule is C.CCCCC.[Y].[c-]1cccnc1-c1[c-]cccn1. The molecule has 3 heteroatoms. The van der Waals surface area contributed by atoms with Crippen molar-refractivity contribution in [1.82, 2.24) is 9.97 Å². The minimum Gasteiger partial charge on any atom is -0.357 e. The number of aromatic nitrogens is 2. The predicted molar refractivity (Wildman–Crippen MR) is 77.1 cm³/mol. The van der Waals surface area contributed by atoms with Gasteiger partial charge in [-0.05, 0) is 12.4 Å². The van der Waals surface area contributed by atoms with Crippen LogP contribution >= 0.6 is 0 Å². The van der Waals surface area contributed by atoms with Crippen molar-refractivity contribution in [3.63, 3.8) is 0 Å². The van der Waals surface area contributed by atoms with E-state index in [1.54, 1.807) is 12.4 Å². The first-order valence-corrected chi connectivity index (χ1v) is 6.04. The van der Waals surface area contributed by atoms with Gasteiger partial charge in [0.05, 0.1) is 0 Å². The number of hydrogen-bond acceptors (Lipinski definition) is 2. The second kappa shape index (κ2) is 13.8. The van der Waals surface area contributed by atoms with Crippen LogP contribution in [0.3, 0.4) is 0 Å². The number of pyridine rings is 2. The van der Waals surface area contributed by atoms with Crippen molar-refractivity contribution >= 4 is 0 Å². The third kappa shape index (κ3) is 9.01. The van der Waals surface area contributed by atoms with Crippen LogP contribution in [-0.2, 0) is 32.7 Å². The van der Waals surface area contributed by atoms with E-state index in [1.165, 1.54) is 19.3 Å². The summed E-state index contributed by atoms with van der Waals surface area (Å²) in [4.78, 5) is 8.20. The Bertz CT molecular complexity index is 351. The van der Waals surface area contributed by atoms with Gasteiger partial charge >= 0.3 is 0 Å². The minimum absolute atomic E-state index is 0. The summed E-state index contributed by atoms with van der Waals surface area (Å²) in [5.74, 6) is 0. The van der Waals surface area contributed by atoms with Crippen LogP contribution in [0, 0.1) is 12.1 Å². The van der Waals surface area contributed by atoms with Gasteiger partial charge in [0.1, 0.15) is 0 Å². The molecule has 0 aliphatic carbocycles. The Hall–Kier alpha value is -0.596. The van der Waals surface area contributed by atoms with Gasteiger partial charge in [0.2, 0.25) is 0 Å². The Morgan fingerprint density at radius 3 is 1.53 bits per heavy atom. The van der Waals surface area contributed by atoms with Crippen LogP contribution in [0.2, 0.25) is 0 Å². The Morgan fingerprint density at radius 1 is 0.895 bits per heavy atom. The summed E-state index contributed by atoms with van der Waals surface area (Å²) in [5.41, 5.74) is 1.47. The Kier molecular flexibility index (Phi) is 15.1. The third-order valence-electron chi connectivity index (χ3n) is 2.14. The average molecular weight is 331 g/mol. The van der Waals surface area contributed by atoms with Gasteiger partial charge in [-0.2, -0.15) is 12.1 Å². The molecule has 0 aromatic carbocycles. The summed E-state index contributed by atoms with van der Waals surface area (Å²) in [6.07, 6.45) is 7.51. The standard InChI is InChI=1S/C10H6N2.C5H12.CH4.Y/c1-3-7-11-9(5-1)10-6-2-4-8-12-10;1-3-5-4-2;;/h1-4,7-8H;3-5H2,1-2H3;1H4;/q-2;;;. The van der Waals surface area contributed by atoms with Crippen molar-refractivity contribution in [1.29, 1.82) is 0 Å². The first-order chi connectivity index (χ1) is 8.38. The molecule has 0 aliphatic heterocycles. The van der Waals surface area contributed by atoms with Crippen molar-refractivity contribution in [2.75, 3.05) is 0 Å². The second-order valence-corrected chi connectivity index (χ2v) is 3.61. The van der Waals surface area contributed by atoms with Crippen LogP contribution in [0.1, 0.15) is 40.5 Å². The molecule has 0 bridgehead atoms. The fourth-order valence-corrected chi connectivity index (χ4v) is 1.26. The van der Waals surface area contributed by atoms with E-state index in [2.05, 4.69) is 35.9 Å². The van der Waals surface area contributed by atoms with Crippen molar-refractivity contribution in [3.8, 4) is 11.4 Å². The first kappa shape index (κ1) is 20.7. The molecule has 0 atom stereocenters. The smallest absolute Gasteiger partial charge is 0 e. The Morgan fingerprint density at radius 2 is 1.32 bits per heavy atom. The summed E-state index contributed by atoms with van der Waals surface area (Å²) >= 11 is 0. The quantitative estimate of drug-likeness (QED) is 0.770. The topological polar surface area (TPSA) is 25.8 Å². The molecule has 0 fully saturated rings. The van der Waals surface area contributed by atoms with Crippen LogP contribution in [0.5, 0.6) is 0 Å². The molecule has 2 nitrogen and oxygen atoms in total. The molecule has 19 heavy (non-hydrogen) atoms. The molecular formula is C16H22N2Y-2. The van der Waals surface area contributed by atoms with E-state index in [1.807, 2.05) is 24.3 Å². The molecule has 0 unspecified atom stereocenters. The van der Waals surface area contributed by atoms with Gasteiger partial charge in [-0.3, -0.25) is 0 Å². The van der Waals surface area contributed by atoms with Crippen molar-refractivity contribution in [3.05, 3.63) is 48.8 Å². The maximum absolute atomic E-state index is 4.10. The average Bonchev–Trinajstić information content (AvgIpc) is 2.42. The van der Waals surface area contributed by atoms with E-state index < -0.39 is 0 Å². The maximum Gasteiger partial charge on any atom is 0 e. The van der Waals surface area contributed by atoms with Gasteiger partial charge in [-0.15, -0.1) is 23.5 Å². The van der Waals surface area contributed by atoms with Crippen LogP contribution in [0.4, 0.5) is 0 Å². The largest absolute Gasteiger partial charge is 0.357 e. The molecule has 0 saturated carbocycles. The number of rotatable bonds is 3. The molecule has 1 radical (unpaired) electrons. The Labute approximate surface area is 143 Å². The zero-order chi connectivity index (χ0) is 12.3. The van der Waals surface area contributed by atoms with Gasteiger partial charge in [0, 0.05) is 32.7 Å². The summed E-state index contributed by atoms with van der Waals surface area (Å²) in [5, 5.41) is 0. The molecule has 0 aliphatic rings. The second-order valence-electron chi connectivity index (χ2n) is 3.61. The van der Waals surface area contributed by atoms with E-state index in [9.17, 15) is 0 Å². The molecule has 0 spiro atoms. The summed E-state index contributed by atoms with van der Waals surface area (Å²) in [7, 11) is 0. The molecule has 2 aromatic rings. The van der Waals surface area contributed by atoms with Gasteiger partial charge in [-0.1, -0.05) is 40.5 Å². The van der Waals surface area contributed by atoms with Crippen LogP contribution in [-0.4, -0.2) is 9.97 Å². The molecule has 101 valence electrons. The van der Waals surface area contributed by atoms with Crippen molar-refractivity contribution in [2.24, 2.45) is 0 Å². The van der Waals surface area contributed by atoms with E-state index in [0.717, 1.165) is 11.4 Å². The monoisotopic (exact) mass is 331 g/mol. The Balaban J connectivity index is 0. The van der Waals surface area contributed by atoms with Crippen LogP contribution < -0.4 is 0 Å². The number of nitrogens with zero attached hydrogens (tertiary/aromatic N) is 2. The molecule has 2 aromatic heterocycles. The molecule has 0 N–H and O–H groups in total. The number of unbranched alkanes of at least 4 members (excludes halogenated alkanes) is 2. The fraction of sp³-hybridized carbons (Fsp3) is 0.375. The predicted octanol–water partition coefficient (Wildman–Crippen LogP) is 4.57. The van der Waals surface area contributed by atoms with Gasteiger partial charge in [0.25, 0.3) is 0 Å². The first-order valence-electron chi connectivity index (χ1n) is 6.04. The minimum atomic E-state index is 0. The van der Waals surface area contributed by atoms with E-state index >= 15 is 0 Å². The summed E-state index contributed by atoms with van der Waals surface area (Å²) in [6.45, 7) is 4.42. The molecular weight excluding hydrogens is 309 g/mol. The molecule has 2 rings (SSSR count). The molecule has 0 saturated heterocycles. The zero-order valence-corrected chi connectivity index (χ0v) is 13.9. The normalized spacial score (nSPS) is 8.32. The van der Waals surface area contributed by atoms with E-state index in [-0.39, 0.29) is 40.1 Å². The molecule has 0 amide bonds. The van der Waals surface area contributed by atoms with Gasteiger partial charge in [0.15, 0.2) is 0 Å². The zero-order valence-electron chi connectivity index (χ0n) is 11.1. The summed E-state index contributed by atoms with van der Waals surface area (Å²) < 4.78 is 0. The van der Waals surface area contributed by atoms with Crippen LogP contribution in [0.15, 0.2) is 36.7 Å². The summed E-state index contributed by atoms with van der Waals surface area (Å²) in [6, 6.07) is 13.2. The van der Waals surface area contributed by atoms with Crippen molar-refractivity contribution in [2.45, 2.75) is 40.5 Å². The fourth-order valence-electron chi connectivity index (χ4n) is 1.26. The number of hydrogen-bond donors (Lipinski definition) is 0. The van der Waals surface area contributed by atoms with E-state index in [0.29, 0.717) is 0 Å². The third-order valence-corrected chi connectivity index (χ3v) is 2.14. The van der Waals surface area contributed by atoms with E-state index in [4.69, 9.17) is 0 Å². The maximum atomic E-state index is 4.10. The molecule has 2 heterocycles. The van der Waals surface area contributed by atoms with Crippen molar-refractivity contribution < 1.29 is 32.7 Å². The van der Waals surface area contributed by atoms with Gasteiger partial charge in [-0.25, -0.2) is 12.1 Å². The van der Waals surface area contributed by atoms with Crippen LogP contribution in [0.25, 0.3) is 11.4 Å². The van der Waals surface area contributed by atoms with Gasteiger partial charge < -0.3 is 9.97 Å².